The van der Waals surface area contributed by atoms with Gasteiger partial charge in [0.2, 0.25) is 5.91 Å². The van der Waals surface area contributed by atoms with Gasteiger partial charge < -0.3 is 10.6 Å². The van der Waals surface area contributed by atoms with Gasteiger partial charge in [0.15, 0.2) is 0 Å². The zero-order valence-electron chi connectivity index (χ0n) is 17.6. The summed E-state index contributed by atoms with van der Waals surface area (Å²) in [7, 11) is 0. The number of imide groups is 2. The van der Waals surface area contributed by atoms with Crippen molar-refractivity contribution in [1.29, 1.82) is 0 Å². The molecule has 0 aliphatic carbocycles. The van der Waals surface area contributed by atoms with Crippen LogP contribution in [0.3, 0.4) is 0 Å². The van der Waals surface area contributed by atoms with E-state index in [4.69, 9.17) is 0 Å². The molecule has 0 aromatic heterocycles. The number of nitrogens with zero attached hydrogens (tertiary/aromatic N) is 2. The second-order valence-electron chi connectivity index (χ2n) is 7.35. The molecule has 2 N–H and O–H groups in total. The molecule has 2 heterocycles. The summed E-state index contributed by atoms with van der Waals surface area (Å²) >= 11 is 0.757. The highest BCUT2D eigenvalue weighted by molar-refractivity contribution is 8.18. The molecule has 0 saturated carbocycles. The SMILES string of the molecule is CCC1(CC)NC(=O)N(CC(=O)NCCN2C(=O)SC(=Cc3ccc(F)cc3)C2=O)C1=O. The Morgan fingerprint density at radius 3 is 2.38 bits per heavy atom. The summed E-state index contributed by atoms with van der Waals surface area (Å²) in [6.45, 7) is 3.03. The summed E-state index contributed by atoms with van der Waals surface area (Å²) in [4.78, 5) is 63.6. The molecular weight excluding hydrogens is 439 g/mol. The van der Waals surface area contributed by atoms with Crippen LogP contribution in [0.1, 0.15) is 32.3 Å². The molecule has 6 amide bonds. The Bertz CT molecular complexity index is 990. The normalized spacial score (nSPS) is 19.2. The molecule has 0 atom stereocenters. The van der Waals surface area contributed by atoms with Crippen LogP contribution in [0.4, 0.5) is 14.0 Å². The van der Waals surface area contributed by atoms with E-state index in [2.05, 4.69) is 10.6 Å². The van der Waals surface area contributed by atoms with Gasteiger partial charge in [-0.2, -0.15) is 0 Å². The highest BCUT2D eigenvalue weighted by Gasteiger charge is 2.49. The highest BCUT2D eigenvalue weighted by Crippen LogP contribution is 2.32. The average molecular weight is 463 g/mol. The van der Waals surface area contributed by atoms with E-state index < -0.39 is 46.9 Å². The van der Waals surface area contributed by atoms with Gasteiger partial charge in [-0.3, -0.25) is 29.0 Å². The molecule has 2 aliphatic rings. The topological polar surface area (TPSA) is 116 Å². The van der Waals surface area contributed by atoms with Crippen molar-refractivity contribution in [3.8, 4) is 0 Å². The summed E-state index contributed by atoms with van der Waals surface area (Å²) in [6.07, 6.45) is 2.32. The Morgan fingerprint density at radius 2 is 1.78 bits per heavy atom. The lowest BCUT2D eigenvalue weighted by atomic mass is 9.93. The molecule has 0 unspecified atom stereocenters. The van der Waals surface area contributed by atoms with Crippen molar-refractivity contribution in [3.05, 3.63) is 40.6 Å². The number of hydrogen-bond donors (Lipinski definition) is 2. The standard InChI is InChI=1S/C21H23FN4O5S/c1-3-21(4-2)18(29)26(19(30)24-21)12-16(27)23-9-10-25-17(28)15(32-20(25)31)11-13-5-7-14(22)8-6-13/h5-8,11H,3-4,9-10,12H2,1-2H3,(H,23,27)(H,24,30). The number of carbonyl (C=O) groups excluding carboxylic acids is 5. The predicted octanol–water partition coefficient (Wildman–Crippen LogP) is 2.09. The predicted molar refractivity (Wildman–Crippen MR) is 116 cm³/mol. The first-order valence-corrected chi connectivity index (χ1v) is 10.9. The summed E-state index contributed by atoms with van der Waals surface area (Å²) < 4.78 is 13.0. The maximum absolute atomic E-state index is 13.0. The van der Waals surface area contributed by atoms with Gasteiger partial charge in [0.1, 0.15) is 17.9 Å². The third-order valence-corrected chi connectivity index (χ3v) is 6.36. The number of thioether (sulfide) groups is 1. The summed E-state index contributed by atoms with van der Waals surface area (Å²) in [5, 5.41) is 4.68. The molecule has 1 aromatic rings. The Balaban J connectivity index is 1.53. The van der Waals surface area contributed by atoms with Gasteiger partial charge >= 0.3 is 6.03 Å². The third-order valence-electron chi connectivity index (χ3n) is 5.45. The van der Waals surface area contributed by atoms with Crippen molar-refractivity contribution in [2.24, 2.45) is 0 Å². The fourth-order valence-electron chi connectivity index (χ4n) is 3.46. The molecule has 1 aromatic carbocycles. The number of hydrogen-bond acceptors (Lipinski definition) is 6. The van der Waals surface area contributed by atoms with Crippen molar-refractivity contribution in [2.45, 2.75) is 32.2 Å². The van der Waals surface area contributed by atoms with E-state index in [1.165, 1.54) is 30.3 Å². The largest absolute Gasteiger partial charge is 0.353 e. The molecule has 0 radical (unpaired) electrons. The Labute approximate surface area is 188 Å². The van der Waals surface area contributed by atoms with Crippen LogP contribution in [0.5, 0.6) is 0 Å². The second-order valence-corrected chi connectivity index (χ2v) is 8.34. The lowest BCUT2D eigenvalue weighted by Gasteiger charge is -2.23. The molecule has 170 valence electrons. The Morgan fingerprint density at radius 1 is 1.12 bits per heavy atom. The fraction of sp³-hybridized carbons (Fsp3) is 0.381. The minimum atomic E-state index is -0.990. The summed E-state index contributed by atoms with van der Waals surface area (Å²) in [5.74, 6) is -1.94. The first-order valence-electron chi connectivity index (χ1n) is 10.1. The van der Waals surface area contributed by atoms with Crippen LogP contribution in [0.15, 0.2) is 29.2 Å². The van der Waals surface area contributed by atoms with Crippen LogP contribution >= 0.6 is 11.8 Å². The van der Waals surface area contributed by atoms with Crippen LogP contribution in [-0.2, 0) is 14.4 Å². The summed E-state index contributed by atoms with van der Waals surface area (Å²) in [5.41, 5.74) is -0.412. The van der Waals surface area contributed by atoms with Gasteiger partial charge in [-0.25, -0.2) is 9.18 Å². The van der Waals surface area contributed by atoms with Crippen LogP contribution in [0.2, 0.25) is 0 Å². The Kier molecular flexibility index (Phi) is 6.97. The molecule has 32 heavy (non-hydrogen) atoms. The number of carbonyl (C=O) groups is 5. The van der Waals surface area contributed by atoms with Gasteiger partial charge in [-0.15, -0.1) is 0 Å². The monoisotopic (exact) mass is 462 g/mol. The van der Waals surface area contributed by atoms with E-state index in [9.17, 15) is 28.4 Å². The molecule has 3 rings (SSSR count). The first-order chi connectivity index (χ1) is 15.2. The van der Waals surface area contributed by atoms with Gasteiger partial charge in [-0.1, -0.05) is 26.0 Å². The van der Waals surface area contributed by atoms with Gasteiger partial charge in [-0.05, 0) is 48.4 Å². The smallest absolute Gasteiger partial charge is 0.325 e. The van der Waals surface area contributed by atoms with E-state index in [0.717, 1.165) is 21.6 Å². The van der Waals surface area contributed by atoms with Crippen molar-refractivity contribution in [2.75, 3.05) is 19.6 Å². The van der Waals surface area contributed by atoms with E-state index in [1.807, 2.05) is 0 Å². The van der Waals surface area contributed by atoms with Crippen LogP contribution in [0, 0.1) is 5.82 Å². The minimum Gasteiger partial charge on any atom is -0.353 e. The number of halogens is 1. The molecule has 0 bridgehead atoms. The van der Waals surface area contributed by atoms with Crippen LogP contribution < -0.4 is 10.6 Å². The second kappa shape index (κ2) is 9.51. The molecule has 2 saturated heterocycles. The molecule has 11 heteroatoms. The molecule has 2 fully saturated rings. The third kappa shape index (κ3) is 4.67. The maximum Gasteiger partial charge on any atom is 0.325 e. The zero-order chi connectivity index (χ0) is 23.5. The maximum atomic E-state index is 13.0. The van der Waals surface area contributed by atoms with Crippen LogP contribution in [-0.4, -0.2) is 64.0 Å². The number of benzene rings is 1. The number of rotatable bonds is 8. The van der Waals surface area contributed by atoms with E-state index in [1.54, 1.807) is 13.8 Å². The number of urea groups is 1. The lowest BCUT2D eigenvalue weighted by Crippen LogP contribution is -2.47. The van der Waals surface area contributed by atoms with Crippen molar-refractivity contribution < 1.29 is 28.4 Å². The average Bonchev–Trinajstić information content (AvgIpc) is 3.17. The number of amides is 6. The van der Waals surface area contributed by atoms with Crippen molar-refractivity contribution in [3.63, 3.8) is 0 Å². The van der Waals surface area contributed by atoms with E-state index in [-0.39, 0.29) is 18.0 Å². The molecular formula is C21H23FN4O5S. The fourth-order valence-corrected chi connectivity index (χ4v) is 4.32. The lowest BCUT2D eigenvalue weighted by molar-refractivity contribution is -0.135. The molecule has 2 aliphatic heterocycles. The number of nitrogens with one attached hydrogen (secondary N) is 2. The highest BCUT2D eigenvalue weighted by atomic mass is 32.2. The van der Waals surface area contributed by atoms with E-state index in [0.29, 0.717) is 18.4 Å². The molecule has 0 spiro atoms. The van der Waals surface area contributed by atoms with Crippen molar-refractivity contribution >= 4 is 46.8 Å². The molecule has 9 nitrogen and oxygen atoms in total. The van der Waals surface area contributed by atoms with Gasteiger partial charge in [0.05, 0.1) is 4.91 Å². The first kappa shape index (κ1) is 23.5. The zero-order valence-corrected chi connectivity index (χ0v) is 18.5. The van der Waals surface area contributed by atoms with Gasteiger partial charge in [0, 0.05) is 13.1 Å². The van der Waals surface area contributed by atoms with Crippen LogP contribution in [0.25, 0.3) is 6.08 Å². The van der Waals surface area contributed by atoms with Crippen molar-refractivity contribution in [1.82, 2.24) is 20.4 Å². The Hall–Kier alpha value is -3.21. The van der Waals surface area contributed by atoms with Gasteiger partial charge in [0.25, 0.3) is 17.1 Å². The van der Waals surface area contributed by atoms with E-state index >= 15 is 0 Å². The quantitative estimate of drug-likeness (QED) is 0.452. The minimum absolute atomic E-state index is 0.0307. The summed E-state index contributed by atoms with van der Waals surface area (Å²) in [6, 6.07) is 4.87.